The van der Waals surface area contributed by atoms with Crippen LogP contribution < -0.4 is 11.1 Å². The van der Waals surface area contributed by atoms with Gasteiger partial charge in [-0.3, -0.25) is 20.0 Å². The fraction of sp³-hybridized carbons (Fsp3) is 0.500. The maximum absolute atomic E-state index is 12.4. The van der Waals surface area contributed by atoms with Gasteiger partial charge in [-0.2, -0.15) is 0 Å². The second-order valence-corrected chi connectivity index (χ2v) is 9.16. The van der Waals surface area contributed by atoms with Crippen LogP contribution in [0.3, 0.4) is 0 Å². The van der Waals surface area contributed by atoms with Gasteiger partial charge in [0.15, 0.2) is 5.66 Å². The summed E-state index contributed by atoms with van der Waals surface area (Å²) in [4.78, 5) is 30.9. The Balaban J connectivity index is 2.10. The number of nitrogens with one attached hydrogen (secondary N) is 1. The number of carbonyl (C=O) groups is 2. The monoisotopic (exact) mass is 414 g/mol. The van der Waals surface area contributed by atoms with Gasteiger partial charge in [-0.05, 0) is 42.5 Å². The van der Waals surface area contributed by atoms with Crippen molar-refractivity contribution in [2.24, 2.45) is 5.41 Å². The molecule has 1 aromatic heterocycles. The molecule has 1 saturated heterocycles. The lowest BCUT2D eigenvalue weighted by Crippen LogP contribution is -2.65. The molecule has 2 unspecified atom stereocenters. The summed E-state index contributed by atoms with van der Waals surface area (Å²) in [6, 6.07) is 7.53. The Morgan fingerprint density at radius 1 is 1.23 bits per heavy atom. The van der Waals surface area contributed by atoms with Crippen LogP contribution in [0.2, 0.25) is 0 Å². The average Bonchev–Trinajstić information content (AvgIpc) is 2.99. The number of pyridine rings is 1. The molecule has 2 heterocycles. The van der Waals surface area contributed by atoms with E-state index in [-0.39, 0.29) is 19.5 Å². The number of rotatable bonds is 5. The minimum atomic E-state index is -1.52. The van der Waals surface area contributed by atoms with Crippen molar-refractivity contribution in [2.75, 3.05) is 12.3 Å². The second kappa shape index (κ2) is 7.21. The lowest BCUT2D eigenvalue weighted by atomic mass is 9.73. The molecular formula is C22H30N4O4. The quantitative estimate of drug-likeness (QED) is 0.550. The molecule has 1 aliphatic rings. The van der Waals surface area contributed by atoms with Crippen LogP contribution in [0.25, 0.3) is 10.9 Å². The van der Waals surface area contributed by atoms with Crippen LogP contribution >= 0.6 is 0 Å². The van der Waals surface area contributed by atoms with E-state index in [4.69, 9.17) is 5.73 Å². The molecule has 3 rings (SSSR count). The molecule has 30 heavy (non-hydrogen) atoms. The van der Waals surface area contributed by atoms with Crippen molar-refractivity contribution in [2.45, 2.75) is 58.8 Å². The molecule has 1 aliphatic heterocycles. The molecule has 1 aromatic carbocycles. The standard InChI is InChI=1S/C22H30N4O4/c1-6-22(19(29)30)25-21(18(27)28,20(3,4)5)12-26(22)11-15-9-14-8-7-13(2)24-17(14)10-16(15)23/h7-10,25H,6,11-12,23H2,1-5H3,(H,27,28)(H,29,30). The van der Waals surface area contributed by atoms with E-state index in [9.17, 15) is 19.8 Å². The Morgan fingerprint density at radius 2 is 1.90 bits per heavy atom. The van der Waals surface area contributed by atoms with Crippen LogP contribution in [0.5, 0.6) is 0 Å². The molecule has 0 spiro atoms. The van der Waals surface area contributed by atoms with Crippen LogP contribution in [0.15, 0.2) is 24.3 Å². The Kier molecular flexibility index (Phi) is 5.28. The molecule has 8 heteroatoms. The minimum Gasteiger partial charge on any atom is -0.480 e. The van der Waals surface area contributed by atoms with Crippen LogP contribution in [-0.2, 0) is 16.1 Å². The van der Waals surface area contributed by atoms with Crippen molar-refractivity contribution >= 4 is 28.5 Å². The van der Waals surface area contributed by atoms with Crippen molar-refractivity contribution < 1.29 is 19.8 Å². The van der Waals surface area contributed by atoms with Gasteiger partial charge in [-0.1, -0.05) is 33.8 Å². The van der Waals surface area contributed by atoms with Gasteiger partial charge >= 0.3 is 11.9 Å². The van der Waals surface area contributed by atoms with Crippen molar-refractivity contribution in [3.05, 3.63) is 35.5 Å². The van der Waals surface area contributed by atoms with E-state index in [1.165, 1.54) is 0 Å². The summed E-state index contributed by atoms with van der Waals surface area (Å²) in [5.41, 5.74) is 5.51. The van der Waals surface area contributed by atoms with Crippen LogP contribution in [-0.4, -0.2) is 49.8 Å². The summed E-state index contributed by atoms with van der Waals surface area (Å²) in [5.74, 6) is -2.17. The lowest BCUT2D eigenvalue weighted by Gasteiger charge is -2.39. The van der Waals surface area contributed by atoms with Gasteiger partial charge in [0.25, 0.3) is 0 Å². The third kappa shape index (κ3) is 3.30. The lowest BCUT2D eigenvalue weighted by molar-refractivity contribution is -0.153. The highest BCUT2D eigenvalue weighted by Gasteiger charge is 2.63. The molecule has 8 nitrogen and oxygen atoms in total. The molecular weight excluding hydrogens is 384 g/mol. The third-order valence-corrected chi connectivity index (χ3v) is 6.35. The predicted octanol–water partition coefficient (Wildman–Crippen LogP) is 2.59. The first-order valence-corrected chi connectivity index (χ1v) is 10.0. The van der Waals surface area contributed by atoms with E-state index >= 15 is 0 Å². The Morgan fingerprint density at radius 3 is 2.43 bits per heavy atom. The normalized spacial score (nSPS) is 25.0. The summed E-state index contributed by atoms with van der Waals surface area (Å²) in [5, 5.41) is 24.1. The molecule has 162 valence electrons. The first-order valence-electron chi connectivity index (χ1n) is 10.0. The molecule has 0 aliphatic carbocycles. The number of aromatic nitrogens is 1. The maximum Gasteiger partial charge on any atom is 0.339 e. The smallest absolute Gasteiger partial charge is 0.339 e. The summed E-state index contributed by atoms with van der Waals surface area (Å²) < 4.78 is 0. The van der Waals surface area contributed by atoms with Gasteiger partial charge in [0.05, 0.1) is 5.52 Å². The highest BCUT2D eigenvalue weighted by atomic mass is 16.4. The Labute approximate surface area is 176 Å². The largest absolute Gasteiger partial charge is 0.480 e. The van der Waals surface area contributed by atoms with Crippen LogP contribution in [0, 0.1) is 12.3 Å². The first-order chi connectivity index (χ1) is 13.9. The molecule has 2 atom stereocenters. The van der Waals surface area contributed by atoms with E-state index in [1.54, 1.807) is 38.7 Å². The zero-order valence-corrected chi connectivity index (χ0v) is 18.1. The number of fused-ring (bicyclic) bond motifs is 1. The average molecular weight is 415 g/mol. The number of benzene rings is 1. The number of anilines is 1. The molecule has 5 N–H and O–H groups in total. The number of carboxylic acids is 2. The second-order valence-electron chi connectivity index (χ2n) is 9.16. The fourth-order valence-electron chi connectivity index (χ4n) is 4.28. The van der Waals surface area contributed by atoms with Gasteiger partial charge in [-0.15, -0.1) is 0 Å². The summed E-state index contributed by atoms with van der Waals surface area (Å²) >= 11 is 0. The van der Waals surface area contributed by atoms with Gasteiger partial charge in [0, 0.05) is 29.9 Å². The van der Waals surface area contributed by atoms with E-state index in [0.717, 1.165) is 22.2 Å². The fourth-order valence-corrected chi connectivity index (χ4v) is 4.28. The van der Waals surface area contributed by atoms with E-state index < -0.39 is 28.6 Å². The van der Waals surface area contributed by atoms with E-state index in [0.29, 0.717) is 5.69 Å². The number of nitrogen functional groups attached to an aromatic ring is 1. The van der Waals surface area contributed by atoms with Crippen molar-refractivity contribution in [1.29, 1.82) is 0 Å². The summed E-state index contributed by atoms with van der Waals surface area (Å²) in [6.45, 7) is 9.30. The molecule has 0 bridgehead atoms. The van der Waals surface area contributed by atoms with Crippen molar-refractivity contribution in [1.82, 2.24) is 15.2 Å². The number of nitrogens with zero attached hydrogens (tertiary/aromatic N) is 2. The topological polar surface area (TPSA) is 129 Å². The SMILES string of the molecule is CCC1(C(=O)O)NC(C(=O)O)(C(C)(C)C)CN1Cc1cc2ccc(C)nc2cc1N. The number of carboxylic acid groups (broad SMARTS) is 2. The molecule has 0 amide bonds. The molecule has 2 aromatic rings. The number of aliphatic carboxylic acids is 2. The van der Waals surface area contributed by atoms with Crippen LogP contribution in [0.4, 0.5) is 5.69 Å². The van der Waals surface area contributed by atoms with Crippen molar-refractivity contribution in [3.8, 4) is 0 Å². The zero-order chi connectivity index (χ0) is 22.5. The van der Waals surface area contributed by atoms with Crippen LogP contribution in [0.1, 0.15) is 45.4 Å². The predicted molar refractivity (Wildman–Crippen MR) is 115 cm³/mol. The number of hydrogen-bond acceptors (Lipinski definition) is 6. The number of aryl methyl sites for hydroxylation is 1. The van der Waals surface area contributed by atoms with Gasteiger partial charge in [0.1, 0.15) is 5.54 Å². The van der Waals surface area contributed by atoms with Gasteiger partial charge in [-0.25, -0.2) is 4.79 Å². The Hall–Kier alpha value is -2.71. The summed E-state index contributed by atoms with van der Waals surface area (Å²) in [7, 11) is 0. The van der Waals surface area contributed by atoms with Gasteiger partial charge < -0.3 is 15.9 Å². The van der Waals surface area contributed by atoms with E-state index in [2.05, 4.69) is 10.3 Å². The number of hydrogen-bond donors (Lipinski definition) is 4. The minimum absolute atomic E-state index is 0.0373. The highest BCUT2D eigenvalue weighted by Crippen LogP contribution is 2.42. The maximum atomic E-state index is 12.4. The molecule has 0 radical (unpaired) electrons. The Bertz CT molecular complexity index is 1020. The molecule has 0 saturated carbocycles. The summed E-state index contributed by atoms with van der Waals surface area (Å²) in [6.07, 6.45) is 0.196. The van der Waals surface area contributed by atoms with Crippen molar-refractivity contribution in [3.63, 3.8) is 0 Å². The highest BCUT2D eigenvalue weighted by molar-refractivity contribution is 5.87. The number of nitrogens with two attached hydrogens (primary N) is 1. The molecule has 1 fully saturated rings. The first kappa shape index (κ1) is 22.0. The van der Waals surface area contributed by atoms with E-state index in [1.807, 2.05) is 25.1 Å². The third-order valence-electron chi connectivity index (χ3n) is 6.35. The zero-order valence-electron chi connectivity index (χ0n) is 18.1. The van der Waals surface area contributed by atoms with Gasteiger partial charge in [0.2, 0.25) is 0 Å².